The van der Waals surface area contributed by atoms with Gasteiger partial charge in [-0.2, -0.15) is 18.3 Å². The first-order chi connectivity index (χ1) is 15.9. The molecule has 3 N–H and O–H groups in total. The Kier molecular flexibility index (Phi) is 6.06. The molecule has 34 heavy (non-hydrogen) atoms. The van der Waals surface area contributed by atoms with Gasteiger partial charge in [0.2, 0.25) is 5.60 Å². The molecule has 0 aliphatic carbocycles. The highest BCUT2D eigenvalue weighted by Gasteiger charge is 2.54. The first kappa shape index (κ1) is 24.0. The minimum atomic E-state index is -5.12. The van der Waals surface area contributed by atoms with Crippen LogP contribution in [-0.4, -0.2) is 63.3 Å². The molecule has 3 aromatic heterocycles. The second kappa shape index (κ2) is 8.58. The molecule has 0 spiro atoms. The topological polar surface area (TPSA) is 96.6 Å². The van der Waals surface area contributed by atoms with E-state index in [2.05, 4.69) is 25.7 Å². The molecule has 8 nitrogen and oxygen atoms in total. The van der Waals surface area contributed by atoms with Crippen molar-refractivity contribution in [3.63, 3.8) is 0 Å². The van der Waals surface area contributed by atoms with Crippen LogP contribution < -0.4 is 15.4 Å². The molecule has 0 saturated carbocycles. The molecule has 3 aromatic rings. The number of hydrogen-bond acceptors (Lipinski definition) is 7. The third-order valence-electron chi connectivity index (χ3n) is 5.58. The van der Waals surface area contributed by atoms with Crippen molar-refractivity contribution in [2.45, 2.75) is 37.3 Å². The molecule has 4 heterocycles. The highest BCUT2D eigenvalue weighted by atomic mass is 19.4. The van der Waals surface area contributed by atoms with Gasteiger partial charge in [-0.05, 0) is 19.9 Å². The van der Waals surface area contributed by atoms with E-state index in [-0.39, 0.29) is 24.3 Å². The van der Waals surface area contributed by atoms with Crippen LogP contribution in [0.25, 0.3) is 17.0 Å². The molecule has 184 valence electrons. The van der Waals surface area contributed by atoms with Gasteiger partial charge in [0.05, 0.1) is 19.3 Å². The van der Waals surface area contributed by atoms with Gasteiger partial charge in [0.25, 0.3) is 0 Å². The molecule has 0 unspecified atom stereocenters. The van der Waals surface area contributed by atoms with Crippen molar-refractivity contribution in [1.82, 2.24) is 24.9 Å². The summed E-state index contributed by atoms with van der Waals surface area (Å²) in [5, 5.41) is 19.5. The number of ether oxygens (including phenoxy) is 1. The second-order valence-corrected chi connectivity index (χ2v) is 7.95. The number of aromatic nitrogens is 4. The van der Waals surface area contributed by atoms with Gasteiger partial charge in [-0.1, -0.05) is 0 Å². The lowest BCUT2D eigenvalue weighted by molar-refractivity contribution is -0.261. The van der Waals surface area contributed by atoms with Crippen LogP contribution in [-0.2, 0) is 5.60 Å². The summed E-state index contributed by atoms with van der Waals surface area (Å²) in [5.41, 5.74) is -5.08. The molecule has 1 fully saturated rings. The first-order valence-electron chi connectivity index (χ1n) is 10.1. The number of anilines is 1. The van der Waals surface area contributed by atoms with Crippen LogP contribution in [0.15, 0.2) is 18.3 Å². The minimum absolute atomic E-state index is 0.0473. The van der Waals surface area contributed by atoms with Crippen LogP contribution in [0.5, 0.6) is 5.75 Å². The summed E-state index contributed by atoms with van der Waals surface area (Å²) in [6.45, 7) is 1.12. The van der Waals surface area contributed by atoms with E-state index in [0.29, 0.717) is 19.5 Å². The predicted octanol–water partition coefficient (Wildman–Crippen LogP) is 2.96. The van der Waals surface area contributed by atoms with Gasteiger partial charge in [0.1, 0.15) is 29.0 Å². The lowest BCUT2D eigenvalue weighted by Crippen LogP contribution is -2.46. The average molecular weight is 490 g/mol. The third-order valence-corrected chi connectivity index (χ3v) is 5.58. The zero-order valence-corrected chi connectivity index (χ0v) is 17.9. The second-order valence-electron chi connectivity index (χ2n) is 7.95. The van der Waals surface area contributed by atoms with Gasteiger partial charge < -0.3 is 20.5 Å². The van der Waals surface area contributed by atoms with Gasteiger partial charge in [0.15, 0.2) is 23.1 Å². The molecule has 1 aliphatic heterocycles. The number of nitrogens with one attached hydrogen (secondary N) is 2. The molecule has 0 radical (unpaired) electrons. The van der Waals surface area contributed by atoms with Crippen molar-refractivity contribution in [1.29, 1.82) is 0 Å². The molecule has 1 saturated heterocycles. The SMILES string of the molecule is COc1cc2ncc(-c3nc(N[C@H]4CNCC[C@@H]4F)c(F)cc3F)n2nc1[C@](C)(O)C(F)(F)F. The number of hydrogen-bond donors (Lipinski definition) is 3. The summed E-state index contributed by atoms with van der Waals surface area (Å²) >= 11 is 0. The number of imidazole rings is 1. The number of pyridine rings is 1. The van der Waals surface area contributed by atoms with Crippen molar-refractivity contribution < 1.29 is 36.2 Å². The summed E-state index contributed by atoms with van der Waals surface area (Å²) in [7, 11) is 1.09. The van der Waals surface area contributed by atoms with E-state index in [1.54, 1.807) is 0 Å². The molecule has 4 rings (SSSR count). The van der Waals surface area contributed by atoms with Crippen molar-refractivity contribution >= 4 is 11.5 Å². The number of fused-ring (bicyclic) bond motifs is 1. The van der Waals surface area contributed by atoms with Crippen LogP contribution in [0.4, 0.5) is 32.2 Å². The summed E-state index contributed by atoms with van der Waals surface area (Å²) in [5.74, 6) is -3.08. The Hall–Kier alpha value is -3.13. The Morgan fingerprint density at radius 3 is 2.62 bits per heavy atom. The highest BCUT2D eigenvalue weighted by molar-refractivity contribution is 5.63. The van der Waals surface area contributed by atoms with E-state index >= 15 is 0 Å². The molecular formula is C20H20F6N6O2. The standard InChI is InChI=1S/C20H20F6N6O2/c1-19(33,20(24,25)26)17-14(34-2)6-15-28-8-13(32(15)31-17)16-10(22)5-11(23)18(30-16)29-12-7-27-4-3-9(12)21/h5-6,8-9,12,27,33H,3-4,7H2,1-2H3,(H,29,30)/t9-,12-,19-/m0/s1. The van der Waals surface area contributed by atoms with E-state index in [0.717, 1.165) is 23.9 Å². The van der Waals surface area contributed by atoms with Gasteiger partial charge in [0, 0.05) is 18.7 Å². The maximum absolute atomic E-state index is 14.7. The maximum atomic E-state index is 14.7. The summed E-state index contributed by atoms with van der Waals surface area (Å²) < 4.78 is 89.5. The highest BCUT2D eigenvalue weighted by Crippen LogP contribution is 2.41. The Bertz CT molecular complexity index is 1210. The van der Waals surface area contributed by atoms with Crippen LogP contribution in [0.3, 0.4) is 0 Å². The molecule has 1 aliphatic rings. The Morgan fingerprint density at radius 1 is 1.24 bits per heavy atom. The fourth-order valence-corrected chi connectivity index (χ4v) is 3.58. The number of methoxy groups -OCH3 is 1. The Morgan fingerprint density at radius 2 is 1.97 bits per heavy atom. The number of aliphatic hydroxyl groups is 1. The zero-order valence-electron chi connectivity index (χ0n) is 17.9. The predicted molar refractivity (Wildman–Crippen MR) is 108 cm³/mol. The third kappa shape index (κ3) is 4.11. The summed E-state index contributed by atoms with van der Waals surface area (Å²) in [4.78, 5) is 7.88. The fourth-order valence-electron chi connectivity index (χ4n) is 3.58. The van der Waals surface area contributed by atoms with E-state index in [4.69, 9.17) is 4.74 Å². The van der Waals surface area contributed by atoms with E-state index < -0.39 is 58.6 Å². The van der Waals surface area contributed by atoms with Gasteiger partial charge >= 0.3 is 6.18 Å². The average Bonchev–Trinajstić information content (AvgIpc) is 3.18. The van der Waals surface area contributed by atoms with Crippen LogP contribution in [0.1, 0.15) is 19.0 Å². The van der Waals surface area contributed by atoms with Crippen LogP contribution >= 0.6 is 0 Å². The van der Waals surface area contributed by atoms with E-state index in [9.17, 15) is 31.4 Å². The Balaban J connectivity index is 1.83. The number of piperidine rings is 1. The summed E-state index contributed by atoms with van der Waals surface area (Å²) in [6, 6.07) is 0.768. The number of halogens is 6. The minimum Gasteiger partial charge on any atom is -0.495 e. The first-order valence-corrected chi connectivity index (χ1v) is 10.1. The summed E-state index contributed by atoms with van der Waals surface area (Å²) in [6.07, 6.45) is -5.15. The van der Waals surface area contributed by atoms with Gasteiger partial charge in [-0.25, -0.2) is 27.7 Å². The fraction of sp³-hybridized carbons (Fsp3) is 0.450. The van der Waals surface area contributed by atoms with Crippen LogP contribution in [0, 0.1) is 11.6 Å². The lowest BCUT2D eigenvalue weighted by atomic mass is 10.0. The lowest BCUT2D eigenvalue weighted by Gasteiger charge is -2.28. The number of rotatable bonds is 5. The molecule has 0 bridgehead atoms. The zero-order chi connectivity index (χ0) is 24.8. The van der Waals surface area contributed by atoms with Gasteiger partial charge in [-0.15, -0.1) is 0 Å². The largest absolute Gasteiger partial charge is 0.495 e. The quantitative estimate of drug-likeness (QED) is 0.474. The molecule has 14 heteroatoms. The van der Waals surface area contributed by atoms with Crippen molar-refractivity contribution in [2.75, 3.05) is 25.5 Å². The molecule has 3 atom stereocenters. The van der Waals surface area contributed by atoms with Crippen molar-refractivity contribution in [3.8, 4) is 17.1 Å². The van der Waals surface area contributed by atoms with Crippen molar-refractivity contribution in [2.24, 2.45) is 0 Å². The smallest absolute Gasteiger partial charge is 0.422 e. The van der Waals surface area contributed by atoms with E-state index in [1.807, 2.05) is 0 Å². The number of alkyl halides is 4. The van der Waals surface area contributed by atoms with Crippen molar-refractivity contribution in [3.05, 3.63) is 35.7 Å². The monoisotopic (exact) mass is 490 g/mol. The van der Waals surface area contributed by atoms with Crippen LogP contribution in [0.2, 0.25) is 0 Å². The molecule has 0 amide bonds. The Labute approximate surface area is 189 Å². The maximum Gasteiger partial charge on any atom is 0.422 e. The molecular weight excluding hydrogens is 470 g/mol. The number of nitrogens with zero attached hydrogens (tertiary/aromatic N) is 4. The van der Waals surface area contributed by atoms with Gasteiger partial charge in [-0.3, -0.25) is 0 Å². The van der Waals surface area contributed by atoms with E-state index in [1.165, 1.54) is 0 Å². The molecule has 0 aromatic carbocycles. The normalized spacial score (nSPS) is 20.9.